The zero-order valence-corrected chi connectivity index (χ0v) is 13.9. The molecule has 1 aliphatic heterocycles. The van der Waals surface area contributed by atoms with Crippen LogP contribution in [0.2, 0.25) is 0 Å². The number of nitrogens with zero attached hydrogens (tertiary/aromatic N) is 1. The molecule has 1 saturated heterocycles. The Kier molecular flexibility index (Phi) is 6.19. The van der Waals surface area contributed by atoms with Crippen LogP contribution in [0, 0.1) is 29.1 Å². The minimum atomic E-state index is -2.13. The monoisotopic (exact) mass is 384 g/mol. The Morgan fingerprint density at radius 1 is 0.917 bits per heavy atom. The van der Waals surface area contributed by atoms with Crippen LogP contribution in [0.1, 0.15) is 16.5 Å². The van der Waals surface area contributed by atoms with Gasteiger partial charge < -0.3 is 5.32 Å². The summed E-state index contributed by atoms with van der Waals surface area (Å²) in [5.41, 5.74) is -0.786. The molecule has 1 aromatic heterocycles. The van der Waals surface area contributed by atoms with Gasteiger partial charge in [0, 0.05) is 31.1 Å². The van der Waals surface area contributed by atoms with Crippen LogP contribution in [-0.2, 0) is 0 Å². The summed E-state index contributed by atoms with van der Waals surface area (Å²) in [5, 5.41) is 4.80. The fourth-order valence-corrected chi connectivity index (χ4v) is 3.62. The topological polar surface area (TPSA) is 15.3 Å². The Hall–Kier alpha value is -1.22. The van der Waals surface area contributed by atoms with Crippen molar-refractivity contribution in [3.8, 4) is 0 Å². The third-order valence-corrected chi connectivity index (χ3v) is 4.77. The highest BCUT2D eigenvalue weighted by Gasteiger charge is 2.35. The molecule has 2 aromatic rings. The van der Waals surface area contributed by atoms with E-state index in [1.165, 1.54) is 11.3 Å². The molecule has 0 aliphatic carbocycles. The minimum Gasteiger partial charge on any atom is -0.314 e. The second kappa shape index (κ2) is 7.77. The lowest BCUT2D eigenvalue weighted by atomic mass is 10.0. The number of rotatable bonds is 3. The number of nitrogens with one attached hydrogen (secondary N) is 1. The van der Waals surface area contributed by atoms with Crippen LogP contribution in [0.15, 0.2) is 17.5 Å². The van der Waals surface area contributed by atoms with Crippen molar-refractivity contribution in [3.05, 3.63) is 57.0 Å². The SMILES string of the molecule is Cl.Fc1c(F)c(F)c([C@H](c2cccs2)N2CCNCC2)c(F)c1F. The fourth-order valence-electron chi connectivity index (χ4n) is 2.75. The van der Waals surface area contributed by atoms with Crippen molar-refractivity contribution in [2.45, 2.75) is 6.04 Å². The number of piperazine rings is 1. The van der Waals surface area contributed by atoms with E-state index >= 15 is 0 Å². The molecule has 1 N–H and O–H groups in total. The van der Waals surface area contributed by atoms with Gasteiger partial charge in [0.2, 0.25) is 5.82 Å². The molecule has 2 heterocycles. The summed E-state index contributed by atoms with van der Waals surface area (Å²) in [6.45, 7) is 2.05. The first kappa shape index (κ1) is 19.1. The van der Waals surface area contributed by atoms with E-state index in [1.54, 1.807) is 22.4 Å². The highest BCUT2D eigenvalue weighted by Crippen LogP contribution is 2.37. The van der Waals surface area contributed by atoms with Crippen LogP contribution in [0.5, 0.6) is 0 Å². The average molecular weight is 385 g/mol. The molecule has 0 amide bonds. The molecule has 0 bridgehead atoms. The number of halogens is 6. The summed E-state index contributed by atoms with van der Waals surface area (Å²) < 4.78 is 68.9. The van der Waals surface area contributed by atoms with E-state index in [-0.39, 0.29) is 12.4 Å². The van der Waals surface area contributed by atoms with Crippen LogP contribution in [0.3, 0.4) is 0 Å². The lowest BCUT2D eigenvalue weighted by molar-refractivity contribution is 0.190. The first-order valence-electron chi connectivity index (χ1n) is 7.02. The smallest absolute Gasteiger partial charge is 0.200 e. The average Bonchev–Trinajstić information content (AvgIpc) is 3.10. The largest absolute Gasteiger partial charge is 0.314 e. The number of hydrogen-bond donors (Lipinski definition) is 1. The van der Waals surface area contributed by atoms with Crippen molar-refractivity contribution < 1.29 is 22.0 Å². The predicted molar refractivity (Wildman–Crippen MR) is 84.1 cm³/mol. The number of hydrogen-bond acceptors (Lipinski definition) is 3. The molecule has 0 spiro atoms. The zero-order chi connectivity index (χ0) is 16.6. The van der Waals surface area contributed by atoms with E-state index in [4.69, 9.17) is 0 Å². The van der Waals surface area contributed by atoms with Crippen LogP contribution < -0.4 is 5.32 Å². The summed E-state index contributed by atoms with van der Waals surface area (Å²) in [6, 6.07) is 2.32. The number of thiophene rings is 1. The maximum atomic E-state index is 14.2. The normalized spacial score (nSPS) is 16.7. The zero-order valence-electron chi connectivity index (χ0n) is 12.3. The van der Waals surface area contributed by atoms with Gasteiger partial charge in [0.1, 0.15) is 0 Å². The summed E-state index contributed by atoms with van der Waals surface area (Å²) in [7, 11) is 0. The van der Waals surface area contributed by atoms with E-state index in [9.17, 15) is 22.0 Å². The first-order chi connectivity index (χ1) is 11.0. The van der Waals surface area contributed by atoms with Crippen molar-refractivity contribution in [1.29, 1.82) is 0 Å². The molecule has 0 unspecified atom stereocenters. The maximum Gasteiger partial charge on any atom is 0.200 e. The van der Waals surface area contributed by atoms with Gasteiger partial charge in [-0.25, -0.2) is 22.0 Å². The Bertz CT molecular complexity index is 675. The van der Waals surface area contributed by atoms with Crippen molar-refractivity contribution in [1.82, 2.24) is 10.2 Å². The lowest BCUT2D eigenvalue weighted by Gasteiger charge is -2.35. The molecule has 0 saturated carbocycles. The Balaban J connectivity index is 0.00000208. The van der Waals surface area contributed by atoms with Gasteiger partial charge in [0.15, 0.2) is 23.3 Å². The van der Waals surface area contributed by atoms with Gasteiger partial charge >= 0.3 is 0 Å². The fraction of sp³-hybridized carbons (Fsp3) is 0.333. The van der Waals surface area contributed by atoms with Gasteiger partial charge in [-0.1, -0.05) is 6.07 Å². The lowest BCUT2D eigenvalue weighted by Crippen LogP contribution is -2.45. The molecule has 1 atom stereocenters. The second-order valence-electron chi connectivity index (χ2n) is 5.19. The van der Waals surface area contributed by atoms with Gasteiger partial charge in [-0.3, -0.25) is 4.90 Å². The molecule has 1 fully saturated rings. The molecule has 2 nitrogen and oxygen atoms in total. The van der Waals surface area contributed by atoms with E-state index in [2.05, 4.69) is 5.32 Å². The molecule has 0 radical (unpaired) electrons. The molecular weight excluding hydrogens is 371 g/mol. The maximum absolute atomic E-state index is 14.2. The second-order valence-corrected chi connectivity index (χ2v) is 6.17. The van der Waals surface area contributed by atoms with Crippen molar-refractivity contribution in [2.75, 3.05) is 26.2 Å². The minimum absolute atomic E-state index is 0. The molecule has 132 valence electrons. The van der Waals surface area contributed by atoms with E-state index in [1.807, 2.05) is 0 Å². The third kappa shape index (κ3) is 3.28. The van der Waals surface area contributed by atoms with Gasteiger partial charge in [-0.05, 0) is 11.4 Å². The summed E-state index contributed by atoms with van der Waals surface area (Å²) in [6.07, 6.45) is 0. The van der Waals surface area contributed by atoms with Gasteiger partial charge in [-0.2, -0.15) is 0 Å². The van der Waals surface area contributed by atoms with Gasteiger partial charge in [0.05, 0.1) is 11.6 Å². The highest BCUT2D eigenvalue weighted by molar-refractivity contribution is 7.10. The van der Waals surface area contributed by atoms with Gasteiger partial charge in [-0.15, -0.1) is 23.7 Å². The summed E-state index contributed by atoms with van der Waals surface area (Å²) in [4.78, 5) is 2.26. The highest BCUT2D eigenvalue weighted by atomic mass is 35.5. The number of benzene rings is 1. The predicted octanol–water partition coefficient (Wildman–Crippen LogP) is 3.86. The molecule has 1 aliphatic rings. The van der Waals surface area contributed by atoms with Crippen LogP contribution >= 0.6 is 23.7 Å². The van der Waals surface area contributed by atoms with Crippen LogP contribution in [-0.4, -0.2) is 31.1 Å². The van der Waals surface area contributed by atoms with Gasteiger partial charge in [0.25, 0.3) is 0 Å². The first-order valence-corrected chi connectivity index (χ1v) is 7.89. The standard InChI is InChI=1S/C15H13F5N2S.ClH/c16-10-9(11(17)13(19)14(20)12(10)18)15(8-2-1-7-23-8)22-5-3-21-4-6-22;/h1-2,7,15,21H,3-6H2;1H/t15-;/m0./s1. The van der Waals surface area contributed by atoms with Crippen LogP contribution in [0.4, 0.5) is 22.0 Å². The molecular formula is C15H14ClF5N2S. The molecule has 3 rings (SSSR count). The van der Waals surface area contributed by atoms with Crippen LogP contribution in [0.25, 0.3) is 0 Å². The van der Waals surface area contributed by atoms with E-state index in [0.717, 1.165) is 0 Å². The summed E-state index contributed by atoms with van der Waals surface area (Å²) >= 11 is 1.22. The summed E-state index contributed by atoms with van der Waals surface area (Å²) in [5.74, 6) is -9.48. The van der Waals surface area contributed by atoms with E-state index < -0.39 is 40.7 Å². The van der Waals surface area contributed by atoms with Crippen molar-refractivity contribution in [2.24, 2.45) is 0 Å². The quantitative estimate of drug-likeness (QED) is 0.491. The van der Waals surface area contributed by atoms with E-state index in [0.29, 0.717) is 31.1 Å². The van der Waals surface area contributed by atoms with Crippen molar-refractivity contribution in [3.63, 3.8) is 0 Å². The molecule has 24 heavy (non-hydrogen) atoms. The van der Waals surface area contributed by atoms with Crippen molar-refractivity contribution >= 4 is 23.7 Å². The Morgan fingerprint density at radius 3 is 1.96 bits per heavy atom. The Labute approximate surface area is 145 Å². The third-order valence-electron chi connectivity index (χ3n) is 3.85. The Morgan fingerprint density at radius 2 is 1.46 bits per heavy atom. The molecule has 1 aromatic carbocycles. The molecule has 9 heteroatoms.